The van der Waals surface area contributed by atoms with Gasteiger partial charge in [0.05, 0.1) is 19.8 Å². The minimum Gasteiger partial charge on any atom is -0.497 e. The molecule has 0 bridgehead atoms. The Balaban J connectivity index is 1.92. The van der Waals surface area contributed by atoms with E-state index >= 15 is 0 Å². The van der Waals surface area contributed by atoms with E-state index in [2.05, 4.69) is 17.4 Å². The van der Waals surface area contributed by atoms with Crippen LogP contribution in [0.2, 0.25) is 0 Å². The quantitative estimate of drug-likeness (QED) is 0.819. The number of nitrogens with one attached hydrogen (secondary N) is 1. The summed E-state index contributed by atoms with van der Waals surface area (Å²) in [5, 5.41) is 3.21. The van der Waals surface area contributed by atoms with E-state index in [0.29, 0.717) is 0 Å². The molecule has 0 saturated heterocycles. The van der Waals surface area contributed by atoms with Crippen molar-refractivity contribution >= 4 is 0 Å². The Morgan fingerprint density at radius 2 is 1.89 bits per heavy atom. The van der Waals surface area contributed by atoms with Crippen molar-refractivity contribution in [1.29, 1.82) is 0 Å². The van der Waals surface area contributed by atoms with Crippen molar-refractivity contribution in [2.75, 3.05) is 27.3 Å². The van der Waals surface area contributed by atoms with Gasteiger partial charge in [-0.1, -0.05) is 25.0 Å². The zero-order chi connectivity index (χ0) is 13.5. The lowest BCUT2D eigenvalue weighted by molar-refractivity contribution is 0.0305. The molecule has 1 fully saturated rings. The van der Waals surface area contributed by atoms with Crippen molar-refractivity contribution in [1.82, 2.24) is 5.32 Å². The predicted octanol–water partition coefficient (Wildman–Crippen LogP) is 3.16. The summed E-state index contributed by atoms with van der Waals surface area (Å²) in [6.07, 6.45) is 5.53. The summed E-state index contributed by atoms with van der Waals surface area (Å²) < 4.78 is 11.3. The lowest BCUT2D eigenvalue weighted by Crippen LogP contribution is -2.21. The number of methoxy groups -OCH3 is 1. The first-order valence-electron chi connectivity index (χ1n) is 7.23. The molecule has 19 heavy (non-hydrogen) atoms. The summed E-state index contributed by atoms with van der Waals surface area (Å²) >= 11 is 0. The molecule has 0 spiro atoms. The highest BCUT2D eigenvalue weighted by Crippen LogP contribution is 2.27. The average Bonchev–Trinajstić information content (AvgIpc) is 2.97. The molecule has 3 nitrogen and oxygen atoms in total. The molecule has 3 heteroatoms. The van der Waals surface area contributed by atoms with Crippen LogP contribution in [0.1, 0.15) is 37.4 Å². The molecule has 0 radical (unpaired) electrons. The molecule has 1 unspecified atom stereocenters. The Kier molecular flexibility index (Phi) is 5.67. The molecule has 1 atom stereocenters. The molecule has 1 aromatic carbocycles. The second-order valence-electron chi connectivity index (χ2n) is 5.30. The van der Waals surface area contributed by atoms with Gasteiger partial charge in [0, 0.05) is 6.54 Å². The fraction of sp³-hybridized carbons (Fsp3) is 0.625. The summed E-state index contributed by atoms with van der Waals surface area (Å²) in [5.74, 6) is 1.65. The van der Waals surface area contributed by atoms with Gasteiger partial charge in [-0.05, 0) is 43.5 Å². The van der Waals surface area contributed by atoms with Crippen molar-refractivity contribution < 1.29 is 9.47 Å². The summed E-state index contributed by atoms with van der Waals surface area (Å²) in [6.45, 7) is 1.73. The van der Waals surface area contributed by atoms with Crippen LogP contribution in [0.4, 0.5) is 0 Å². The summed E-state index contributed by atoms with van der Waals surface area (Å²) in [7, 11) is 3.66. The molecule has 1 aliphatic rings. The molecule has 0 aromatic heterocycles. The Hall–Kier alpha value is -1.06. The van der Waals surface area contributed by atoms with E-state index in [0.717, 1.165) is 24.8 Å². The van der Waals surface area contributed by atoms with Gasteiger partial charge in [-0.15, -0.1) is 0 Å². The van der Waals surface area contributed by atoms with E-state index < -0.39 is 0 Å². The highest BCUT2D eigenvalue weighted by molar-refractivity contribution is 5.28. The third kappa shape index (κ3) is 4.22. The van der Waals surface area contributed by atoms with Crippen LogP contribution in [0.3, 0.4) is 0 Å². The first-order valence-corrected chi connectivity index (χ1v) is 7.23. The van der Waals surface area contributed by atoms with Crippen molar-refractivity contribution in [3.63, 3.8) is 0 Å². The largest absolute Gasteiger partial charge is 0.497 e. The van der Waals surface area contributed by atoms with Crippen LogP contribution >= 0.6 is 0 Å². The van der Waals surface area contributed by atoms with E-state index in [9.17, 15) is 0 Å². The first kappa shape index (κ1) is 14.4. The second-order valence-corrected chi connectivity index (χ2v) is 5.30. The van der Waals surface area contributed by atoms with Gasteiger partial charge >= 0.3 is 0 Å². The summed E-state index contributed by atoms with van der Waals surface area (Å²) in [5.41, 5.74) is 1.22. The van der Waals surface area contributed by atoms with Crippen molar-refractivity contribution in [2.45, 2.75) is 31.8 Å². The number of ether oxygens (including phenoxy) is 2. The predicted molar refractivity (Wildman–Crippen MR) is 77.6 cm³/mol. The molecule has 0 heterocycles. The number of rotatable bonds is 7. The SMILES string of the molecule is CNCC(OCC1CCCC1)c1ccc(OC)cc1. The molecule has 1 aliphatic carbocycles. The van der Waals surface area contributed by atoms with Crippen LogP contribution < -0.4 is 10.1 Å². The van der Waals surface area contributed by atoms with E-state index in [-0.39, 0.29) is 6.10 Å². The van der Waals surface area contributed by atoms with Crippen molar-refractivity contribution in [3.05, 3.63) is 29.8 Å². The monoisotopic (exact) mass is 263 g/mol. The smallest absolute Gasteiger partial charge is 0.118 e. The van der Waals surface area contributed by atoms with Gasteiger partial charge in [0.25, 0.3) is 0 Å². The average molecular weight is 263 g/mol. The lowest BCUT2D eigenvalue weighted by atomic mass is 10.1. The van der Waals surface area contributed by atoms with Crippen LogP contribution in [0.5, 0.6) is 5.75 Å². The highest BCUT2D eigenvalue weighted by Gasteiger charge is 2.18. The van der Waals surface area contributed by atoms with Crippen molar-refractivity contribution in [3.8, 4) is 5.75 Å². The molecule has 1 aromatic rings. The van der Waals surface area contributed by atoms with Crippen molar-refractivity contribution in [2.24, 2.45) is 5.92 Å². The molecule has 2 rings (SSSR count). The van der Waals surface area contributed by atoms with Gasteiger partial charge in [-0.2, -0.15) is 0 Å². The minimum absolute atomic E-state index is 0.136. The zero-order valence-corrected chi connectivity index (χ0v) is 12.0. The zero-order valence-electron chi connectivity index (χ0n) is 12.0. The molecular formula is C16H25NO2. The lowest BCUT2D eigenvalue weighted by Gasteiger charge is -2.20. The molecule has 1 N–H and O–H groups in total. The Morgan fingerprint density at radius 1 is 1.21 bits per heavy atom. The standard InChI is InChI=1S/C16H25NO2/c1-17-11-16(19-12-13-5-3-4-6-13)14-7-9-15(18-2)10-8-14/h7-10,13,16-17H,3-6,11-12H2,1-2H3. The molecular weight excluding hydrogens is 238 g/mol. The van der Waals surface area contributed by atoms with E-state index in [1.807, 2.05) is 19.2 Å². The maximum atomic E-state index is 6.12. The van der Waals surface area contributed by atoms with Crippen LogP contribution in [0, 0.1) is 5.92 Å². The van der Waals surface area contributed by atoms with Crippen LogP contribution in [-0.4, -0.2) is 27.3 Å². The maximum absolute atomic E-state index is 6.12. The summed E-state index contributed by atoms with van der Waals surface area (Å²) in [4.78, 5) is 0. The normalized spacial score (nSPS) is 17.6. The van der Waals surface area contributed by atoms with Gasteiger partial charge in [-0.25, -0.2) is 0 Å². The Labute approximate surface area is 116 Å². The van der Waals surface area contributed by atoms with Gasteiger partial charge in [0.2, 0.25) is 0 Å². The number of hydrogen-bond acceptors (Lipinski definition) is 3. The maximum Gasteiger partial charge on any atom is 0.118 e. The number of benzene rings is 1. The molecule has 0 amide bonds. The van der Waals surface area contributed by atoms with E-state index in [1.54, 1.807) is 7.11 Å². The summed E-state index contributed by atoms with van der Waals surface area (Å²) in [6, 6.07) is 8.18. The molecule has 106 valence electrons. The van der Waals surface area contributed by atoms with Gasteiger partial charge in [-0.3, -0.25) is 0 Å². The Bertz CT molecular complexity index is 358. The van der Waals surface area contributed by atoms with Gasteiger partial charge < -0.3 is 14.8 Å². The fourth-order valence-corrected chi connectivity index (χ4v) is 2.71. The first-order chi connectivity index (χ1) is 9.33. The number of hydrogen-bond donors (Lipinski definition) is 1. The van der Waals surface area contributed by atoms with Gasteiger partial charge in [0.1, 0.15) is 5.75 Å². The number of likely N-dealkylation sites (N-methyl/N-ethyl adjacent to an activating group) is 1. The molecule has 1 saturated carbocycles. The van der Waals surface area contributed by atoms with Crippen LogP contribution in [-0.2, 0) is 4.74 Å². The van der Waals surface area contributed by atoms with Crippen LogP contribution in [0.15, 0.2) is 24.3 Å². The second kappa shape index (κ2) is 7.51. The van der Waals surface area contributed by atoms with E-state index in [1.165, 1.54) is 31.2 Å². The van der Waals surface area contributed by atoms with Gasteiger partial charge in [0.15, 0.2) is 0 Å². The third-order valence-corrected chi connectivity index (χ3v) is 3.88. The van der Waals surface area contributed by atoms with E-state index in [4.69, 9.17) is 9.47 Å². The van der Waals surface area contributed by atoms with Crippen LogP contribution in [0.25, 0.3) is 0 Å². The highest BCUT2D eigenvalue weighted by atomic mass is 16.5. The fourth-order valence-electron chi connectivity index (χ4n) is 2.71. The third-order valence-electron chi connectivity index (χ3n) is 3.88. The minimum atomic E-state index is 0.136. The Morgan fingerprint density at radius 3 is 2.47 bits per heavy atom. The molecule has 0 aliphatic heterocycles. The topological polar surface area (TPSA) is 30.5 Å².